The van der Waals surface area contributed by atoms with E-state index in [-0.39, 0.29) is 0 Å². The Balaban J connectivity index is 2.24. The summed E-state index contributed by atoms with van der Waals surface area (Å²) < 4.78 is 2.64. The van der Waals surface area contributed by atoms with E-state index in [1.165, 1.54) is 0 Å². The minimum atomic E-state index is 0.547. The zero-order valence-electron chi connectivity index (χ0n) is 10.5. The van der Waals surface area contributed by atoms with Crippen LogP contribution in [0, 0.1) is 6.92 Å². The monoisotopic (exact) mass is 310 g/mol. The maximum absolute atomic E-state index is 4.39. The summed E-state index contributed by atoms with van der Waals surface area (Å²) in [4.78, 5) is 8.61. The number of nitrogens with zero attached hydrogens (tertiary/aromatic N) is 4. The van der Waals surface area contributed by atoms with Gasteiger partial charge in [-0.25, -0.2) is 4.98 Å². The molecular formula is C11H15BrN6. The van der Waals surface area contributed by atoms with Gasteiger partial charge in [-0.15, -0.1) is 0 Å². The highest BCUT2D eigenvalue weighted by molar-refractivity contribution is 9.10. The van der Waals surface area contributed by atoms with E-state index in [9.17, 15) is 0 Å². The molecule has 0 radical (unpaired) electrons. The summed E-state index contributed by atoms with van der Waals surface area (Å²) in [6.45, 7) is 4.81. The van der Waals surface area contributed by atoms with E-state index in [2.05, 4.69) is 41.6 Å². The van der Waals surface area contributed by atoms with Crippen molar-refractivity contribution in [2.45, 2.75) is 13.8 Å². The SMILES string of the molecule is CCNc1nc(Nc2cnn(C)c2C)ncc1Br. The van der Waals surface area contributed by atoms with E-state index in [0.29, 0.717) is 5.95 Å². The lowest BCUT2D eigenvalue weighted by Crippen LogP contribution is -2.04. The molecule has 2 aromatic heterocycles. The van der Waals surface area contributed by atoms with Gasteiger partial charge in [0.05, 0.1) is 22.1 Å². The van der Waals surface area contributed by atoms with Gasteiger partial charge in [-0.05, 0) is 29.8 Å². The molecule has 0 saturated carbocycles. The van der Waals surface area contributed by atoms with Gasteiger partial charge in [0.25, 0.3) is 0 Å². The molecule has 96 valence electrons. The van der Waals surface area contributed by atoms with E-state index < -0.39 is 0 Å². The van der Waals surface area contributed by atoms with Crippen LogP contribution in [0.4, 0.5) is 17.5 Å². The lowest BCUT2D eigenvalue weighted by Gasteiger charge is -2.08. The first kappa shape index (κ1) is 12.8. The van der Waals surface area contributed by atoms with Gasteiger partial charge in [0.15, 0.2) is 0 Å². The molecule has 0 unspecified atom stereocenters. The highest BCUT2D eigenvalue weighted by Crippen LogP contribution is 2.22. The Kier molecular flexibility index (Phi) is 3.81. The average molecular weight is 311 g/mol. The van der Waals surface area contributed by atoms with Gasteiger partial charge < -0.3 is 10.6 Å². The number of aromatic nitrogens is 4. The van der Waals surface area contributed by atoms with Crippen LogP contribution in [0.1, 0.15) is 12.6 Å². The van der Waals surface area contributed by atoms with E-state index in [4.69, 9.17) is 0 Å². The minimum Gasteiger partial charge on any atom is -0.369 e. The molecule has 0 saturated heterocycles. The van der Waals surface area contributed by atoms with Crippen LogP contribution in [0.25, 0.3) is 0 Å². The van der Waals surface area contributed by atoms with E-state index >= 15 is 0 Å². The Bertz CT molecular complexity index is 550. The van der Waals surface area contributed by atoms with Crippen LogP contribution in [-0.4, -0.2) is 26.3 Å². The number of hydrogen-bond donors (Lipinski definition) is 2. The van der Waals surface area contributed by atoms with E-state index in [0.717, 1.165) is 28.2 Å². The topological polar surface area (TPSA) is 67.7 Å². The van der Waals surface area contributed by atoms with Crippen LogP contribution in [-0.2, 0) is 7.05 Å². The Labute approximate surface area is 114 Å². The molecule has 18 heavy (non-hydrogen) atoms. The molecule has 0 atom stereocenters. The first-order chi connectivity index (χ1) is 8.61. The highest BCUT2D eigenvalue weighted by atomic mass is 79.9. The maximum atomic E-state index is 4.39. The normalized spacial score (nSPS) is 10.4. The molecule has 0 aromatic carbocycles. The van der Waals surface area contributed by atoms with Crippen molar-refractivity contribution in [3.05, 3.63) is 22.6 Å². The lowest BCUT2D eigenvalue weighted by molar-refractivity contribution is 0.740. The first-order valence-electron chi connectivity index (χ1n) is 5.64. The van der Waals surface area contributed by atoms with Crippen LogP contribution in [0.3, 0.4) is 0 Å². The number of anilines is 3. The number of rotatable bonds is 4. The molecule has 2 rings (SSSR count). The summed E-state index contributed by atoms with van der Waals surface area (Å²) in [6.07, 6.45) is 3.48. The summed E-state index contributed by atoms with van der Waals surface area (Å²) in [6, 6.07) is 0. The third-order valence-corrected chi connectivity index (χ3v) is 3.15. The average Bonchev–Trinajstić information content (AvgIpc) is 2.66. The van der Waals surface area contributed by atoms with Crippen molar-refractivity contribution in [1.82, 2.24) is 19.7 Å². The van der Waals surface area contributed by atoms with Crippen molar-refractivity contribution < 1.29 is 0 Å². The van der Waals surface area contributed by atoms with Gasteiger partial charge in [-0.2, -0.15) is 10.1 Å². The Hall–Kier alpha value is -1.63. The van der Waals surface area contributed by atoms with Gasteiger partial charge in [0, 0.05) is 19.8 Å². The fraction of sp³-hybridized carbons (Fsp3) is 0.364. The smallest absolute Gasteiger partial charge is 0.229 e. The lowest BCUT2D eigenvalue weighted by atomic mass is 10.4. The van der Waals surface area contributed by atoms with Crippen LogP contribution >= 0.6 is 15.9 Å². The molecule has 6 nitrogen and oxygen atoms in total. The van der Waals surface area contributed by atoms with Crippen LogP contribution < -0.4 is 10.6 Å². The Morgan fingerprint density at radius 2 is 2.17 bits per heavy atom. The van der Waals surface area contributed by atoms with Crippen molar-refractivity contribution in [3.8, 4) is 0 Å². The summed E-state index contributed by atoms with van der Waals surface area (Å²) in [7, 11) is 1.90. The van der Waals surface area contributed by atoms with Gasteiger partial charge >= 0.3 is 0 Å². The molecule has 0 amide bonds. The van der Waals surface area contributed by atoms with Gasteiger partial charge in [-0.3, -0.25) is 4.68 Å². The highest BCUT2D eigenvalue weighted by Gasteiger charge is 2.07. The van der Waals surface area contributed by atoms with Crippen LogP contribution in [0.15, 0.2) is 16.9 Å². The molecule has 7 heteroatoms. The molecule has 0 bridgehead atoms. The second kappa shape index (κ2) is 5.34. The maximum Gasteiger partial charge on any atom is 0.229 e. The molecule has 0 aliphatic carbocycles. The van der Waals surface area contributed by atoms with Gasteiger partial charge in [0.2, 0.25) is 5.95 Å². The zero-order chi connectivity index (χ0) is 13.1. The standard InChI is InChI=1S/C11H15BrN6/c1-4-13-10-8(12)5-14-11(17-10)16-9-6-15-18(3)7(9)2/h5-6H,4H2,1-3H3,(H2,13,14,16,17). The zero-order valence-corrected chi connectivity index (χ0v) is 12.1. The summed E-state index contributed by atoms with van der Waals surface area (Å²) >= 11 is 3.40. The first-order valence-corrected chi connectivity index (χ1v) is 6.43. The fourth-order valence-electron chi connectivity index (χ4n) is 1.46. The van der Waals surface area contributed by atoms with Crippen LogP contribution in [0.5, 0.6) is 0 Å². The van der Waals surface area contributed by atoms with Crippen LogP contribution in [0.2, 0.25) is 0 Å². The third kappa shape index (κ3) is 2.61. The molecule has 2 heterocycles. The van der Waals surface area contributed by atoms with E-state index in [1.807, 2.05) is 20.9 Å². The summed E-state index contributed by atoms with van der Waals surface area (Å²) in [5.74, 6) is 1.32. The Morgan fingerprint density at radius 3 is 2.78 bits per heavy atom. The molecule has 2 N–H and O–H groups in total. The number of nitrogens with one attached hydrogen (secondary N) is 2. The quantitative estimate of drug-likeness (QED) is 0.908. The third-order valence-electron chi connectivity index (χ3n) is 2.57. The van der Waals surface area contributed by atoms with Crippen molar-refractivity contribution in [2.24, 2.45) is 7.05 Å². The van der Waals surface area contributed by atoms with Crippen molar-refractivity contribution in [1.29, 1.82) is 0 Å². The molecule has 0 spiro atoms. The molecule has 0 aliphatic rings. The minimum absolute atomic E-state index is 0.547. The van der Waals surface area contributed by atoms with Gasteiger partial charge in [0.1, 0.15) is 5.82 Å². The second-order valence-corrected chi connectivity index (χ2v) is 4.67. The second-order valence-electron chi connectivity index (χ2n) is 3.81. The number of hydrogen-bond acceptors (Lipinski definition) is 5. The summed E-state index contributed by atoms with van der Waals surface area (Å²) in [5.41, 5.74) is 1.94. The predicted octanol–water partition coefficient (Wildman–Crippen LogP) is 2.46. The van der Waals surface area contributed by atoms with Gasteiger partial charge in [-0.1, -0.05) is 0 Å². The predicted molar refractivity (Wildman–Crippen MR) is 75.1 cm³/mol. The van der Waals surface area contributed by atoms with Crippen molar-refractivity contribution in [3.63, 3.8) is 0 Å². The Morgan fingerprint density at radius 1 is 1.39 bits per heavy atom. The summed E-state index contributed by atoms with van der Waals surface area (Å²) in [5, 5.41) is 10.5. The molecular weight excluding hydrogens is 296 g/mol. The number of aryl methyl sites for hydroxylation is 1. The van der Waals surface area contributed by atoms with E-state index in [1.54, 1.807) is 17.1 Å². The molecule has 0 fully saturated rings. The number of halogens is 1. The van der Waals surface area contributed by atoms with Crippen molar-refractivity contribution in [2.75, 3.05) is 17.2 Å². The fourth-order valence-corrected chi connectivity index (χ4v) is 1.79. The molecule has 0 aliphatic heterocycles. The largest absolute Gasteiger partial charge is 0.369 e. The van der Waals surface area contributed by atoms with Crippen molar-refractivity contribution >= 4 is 33.4 Å². The molecule has 2 aromatic rings.